The summed E-state index contributed by atoms with van der Waals surface area (Å²) < 4.78 is 4.88. The summed E-state index contributed by atoms with van der Waals surface area (Å²) in [5.41, 5.74) is 0. The molecule has 0 radical (unpaired) electrons. The quantitative estimate of drug-likeness (QED) is 0.666. The minimum Gasteiger partial charge on any atom is -0.384 e. The van der Waals surface area contributed by atoms with E-state index in [0.717, 1.165) is 19.6 Å². The Morgan fingerprint density at radius 2 is 2.46 bits per heavy atom. The molecule has 4 heteroatoms. The van der Waals surface area contributed by atoms with Crippen LogP contribution in [-0.2, 0) is 9.53 Å². The van der Waals surface area contributed by atoms with Crippen LogP contribution < -0.4 is 5.32 Å². The highest BCUT2D eigenvalue weighted by Crippen LogP contribution is 2.04. The molecule has 1 rings (SSSR count). The fraction of sp³-hybridized carbons (Fsp3) is 0.889. The Kier molecular flexibility index (Phi) is 4.18. The Labute approximate surface area is 79.2 Å². The Balaban J connectivity index is 2.35. The number of carbonyl (C=O) groups is 1. The number of rotatable bonds is 3. The predicted octanol–water partition coefficient (Wildman–Crippen LogP) is -0.157. The molecule has 1 atom stereocenters. The first-order valence-electron chi connectivity index (χ1n) is 4.75. The van der Waals surface area contributed by atoms with Gasteiger partial charge in [0.15, 0.2) is 0 Å². The number of hydrogen-bond acceptors (Lipinski definition) is 3. The first kappa shape index (κ1) is 10.5. The first-order valence-corrected chi connectivity index (χ1v) is 4.75. The molecule has 1 amide bonds. The van der Waals surface area contributed by atoms with E-state index >= 15 is 0 Å². The predicted molar refractivity (Wildman–Crippen MR) is 50.5 cm³/mol. The van der Waals surface area contributed by atoms with Crippen LogP contribution in [-0.4, -0.2) is 50.2 Å². The van der Waals surface area contributed by atoms with Gasteiger partial charge in [-0.25, -0.2) is 0 Å². The van der Waals surface area contributed by atoms with E-state index in [2.05, 4.69) is 12.2 Å². The SMILES string of the molecule is COCCC(=O)N1CCNC[C@@H]1C. The van der Waals surface area contributed by atoms with Gasteiger partial charge in [0.05, 0.1) is 13.0 Å². The Morgan fingerprint density at radius 1 is 1.69 bits per heavy atom. The monoisotopic (exact) mass is 186 g/mol. The first-order chi connectivity index (χ1) is 6.25. The van der Waals surface area contributed by atoms with Crippen LogP contribution in [0.4, 0.5) is 0 Å². The maximum absolute atomic E-state index is 11.6. The molecule has 1 heterocycles. The second-order valence-electron chi connectivity index (χ2n) is 3.38. The van der Waals surface area contributed by atoms with Gasteiger partial charge in [0.25, 0.3) is 0 Å². The number of piperazine rings is 1. The zero-order valence-corrected chi connectivity index (χ0v) is 8.38. The molecule has 0 spiro atoms. The molecule has 1 N–H and O–H groups in total. The van der Waals surface area contributed by atoms with E-state index in [-0.39, 0.29) is 5.91 Å². The third-order valence-electron chi connectivity index (χ3n) is 2.34. The summed E-state index contributed by atoms with van der Waals surface area (Å²) in [6, 6.07) is 0.318. The Hall–Kier alpha value is -0.610. The molecule has 0 bridgehead atoms. The average Bonchev–Trinajstić information content (AvgIpc) is 2.15. The Morgan fingerprint density at radius 3 is 3.08 bits per heavy atom. The minimum atomic E-state index is 0.204. The van der Waals surface area contributed by atoms with Crippen molar-refractivity contribution in [3.8, 4) is 0 Å². The lowest BCUT2D eigenvalue weighted by molar-refractivity contribution is -0.134. The molecular weight excluding hydrogens is 168 g/mol. The summed E-state index contributed by atoms with van der Waals surface area (Å²) in [5.74, 6) is 0.204. The van der Waals surface area contributed by atoms with E-state index in [1.54, 1.807) is 7.11 Å². The highest BCUT2D eigenvalue weighted by Gasteiger charge is 2.21. The largest absolute Gasteiger partial charge is 0.384 e. The molecule has 0 aromatic carbocycles. The fourth-order valence-corrected chi connectivity index (χ4v) is 1.54. The molecule has 0 aromatic rings. The van der Waals surface area contributed by atoms with Crippen molar-refractivity contribution in [2.75, 3.05) is 33.4 Å². The lowest BCUT2D eigenvalue weighted by Crippen LogP contribution is -2.52. The molecule has 1 aliphatic rings. The van der Waals surface area contributed by atoms with Gasteiger partial charge in [-0.15, -0.1) is 0 Å². The van der Waals surface area contributed by atoms with Crippen molar-refractivity contribution in [1.82, 2.24) is 10.2 Å². The molecular formula is C9H18N2O2. The van der Waals surface area contributed by atoms with E-state index in [4.69, 9.17) is 4.74 Å². The van der Waals surface area contributed by atoms with E-state index in [9.17, 15) is 4.79 Å². The van der Waals surface area contributed by atoms with Crippen LogP contribution in [0.25, 0.3) is 0 Å². The minimum absolute atomic E-state index is 0.204. The summed E-state index contributed by atoms with van der Waals surface area (Å²) in [5, 5.41) is 3.25. The molecule has 76 valence electrons. The smallest absolute Gasteiger partial charge is 0.225 e. The van der Waals surface area contributed by atoms with Gasteiger partial charge < -0.3 is 15.0 Å². The zero-order chi connectivity index (χ0) is 9.68. The van der Waals surface area contributed by atoms with Gasteiger partial charge in [0.2, 0.25) is 5.91 Å². The van der Waals surface area contributed by atoms with E-state index in [0.29, 0.717) is 19.1 Å². The van der Waals surface area contributed by atoms with Gasteiger partial charge in [0.1, 0.15) is 0 Å². The number of ether oxygens (including phenoxy) is 1. The molecule has 1 saturated heterocycles. The highest BCUT2D eigenvalue weighted by atomic mass is 16.5. The number of hydrogen-bond donors (Lipinski definition) is 1. The third-order valence-corrected chi connectivity index (χ3v) is 2.34. The number of nitrogens with zero attached hydrogens (tertiary/aromatic N) is 1. The van der Waals surface area contributed by atoms with Gasteiger partial charge in [-0.2, -0.15) is 0 Å². The second-order valence-corrected chi connectivity index (χ2v) is 3.38. The molecule has 4 nitrogen and oxygen atoms in total. The molecule has 1 aliphatic heterocycles. The molecule has 13 heavy (non-hydrogen) atoms. The van der Waals surface area contributed by atoms with Crippen LogP contribution in [0.15, 0.2) is 0 Å². The fourth-order valence-electron chi connectivity index (χ4n) is 1.54. The van der Waals surface area contributed by atoms with Gasteiger partial charge in [-0.1, -0.05) is 0 Å². The maximum Gasteiger partial charge on any atom is 0.225 e. The van der Waals surface area contributed by atoms with E-state index < -0.39 is 0 Å². The van der Waals surface area contributed by atoms with Crippen molar-refractivity contribution in [2.24, 2.45) is 0 Å². The van der Waals surface area contributed by atoms with Gasteiger partial charge >= 0.3 is 0 Å². The van der Waals surface area contributed by atoms with Crippen LogP contribution in [0.1, 0.15) is 13.3 Å². The van der Waals surface area contributed by atoms with Crippen LogP contribution in [0.2, 0.25) is 0 Å². The van der Waals surface area contributed by atoms with Crippen molar-refractivity contribution in [1.29, 1.82) is 0 Å². The molecule has 0 aliphatic carbocycles. The maximum atomic E-state index is 11.6. The van der Waals surface area contributed by atoms with Crippen molar-refractivity contribution in [2.45, 2.75) is 19.4 Å². The molecule has 0 unspecified atom stereocenters. The molecule has 0 aromatic heterocycles. The normalized spacial score (nSPS) is 23.2. The van der Waals surface area contributed by atoms with Crippen LogP contribution in [0, 0.1) is 0 Å². The van der Waals surface area contributed by atoms with Crippen molar-refractivity contribution >= 4 is 5.91 Å². The molecule has 0 saturated carbocycles. The van der Waals surface area contributed by atoms with Gasteiger partial charge in [0, 0.05) is 32.8 Å². The summed E-state index contributed by atoms with van der Waals surface area (Å²) >= 11 is 0. The van der Waals surface area contributed by atoms with Crippen molar-refractivity contribution < 1.29 is 9.53 Å². The van der Waals surface area contributed by atoms with E-state index in [1.807, 2.05) is 4.90 Å². The van der Waals surface area contributed by atoms with Crippen molar-refractivity contribution in [3.63, 3.8) is 0 Å². The summed E-state index contributed by atoms with van der Waals surface area (Å²) in [6.45, 7) is 5.22. The lowest BCUT2D eigenvalue weighted by atomic mass is 10.2. The lowest BCUT2D eigenvalue weighted by Gasteiger charge is -2.34. The van der Waals surface area contributed by atoms with Gasteiger partial charge in [-0.05, 0) is 6.92 Å². The number of nitrogens with one attached hydrogen (secondary N) is 1. The number of amides is 1. The molecule has 1 fully saturated rings. The van der Waals surface area contributed by atoms with Crippen LogP contribution >= 0.6 is 0 Å². The zero-order valence-electron chi connectivity index (χ0n) is 8.38. The standard InChI is InChI=1S/C9H18N2O2/c1-8-7-10-4-5-11(8)9(12)3-6-13-2/h8,10H,3-7H2,1-2H3/t8-/m0/s1. The average molecular weight is 186 g/mol. The topological polar surface area (TPSA) is 41.6 Å². The summed E-state index contributed by atoms with van der Waals surface area (Å²) in [7, 11) is 1.62. The van der Waals surface area contributed by atoms with Gasteiger partial charge in [-0.3, -0.25) is 4.79 Å². The summed E-state index contributed by atoms with van der Waals surface area (Å²) in [6.07, 6.45) is 0.501. The van der Waals surface area contributed by atoms with E-state index in [1.165, 1.54) is 0 Å². The van der Waals surface area contributed by atoms with Crippen LogP contribution in [0.5, 0.6) is 0 Å². The second kappa shape index (κ2) is 5.19. The Bertz CT molecular complexity index is 173. The highest BCUT2D eigenvalue weighted by molar-refractivity contribution is 5.76. The summed E-state index contributed by atoms with van der Waals surface area (Å²) in [4.78, 5) is 13.5. The third kappa shape index (κ3) is 2.97. The number of carbonyl (C=O) groups excluding carboxylic acids is 1. The van der Waals surface area contributed by atoms with Crippen LogP contribution in [0.3, 0.4) is 0 Å². The van der Waals surface area contributed by atoms with Crippen molar-refractivity contribution in [3.05, 3.63) is 0 Å². The number of methoxy groups -OCH3 is 1.